The van der Waals surface area contributed by atoms with Crippen molar-refractivity contribution in [2.24, 2.45) is 0 Å². The lowest BCUT2D eigenvalue weighted by Crippen LogP contribution is -2.44. The van der Waals surface area contributed by atoms with Gasteiger partial charge in [-0.3, -0.25) is 0 Å². The molecule has 2 unspecified atom stereocenters. The van der Waals surface area contributed by atoms with E-state index in [1.807, 2.05) is 0 Å². The zero-order valence-electron chi connectivity index (χ0n) is 12.1. The quantitative estimate of drug-likeness (QED) is 0.861. The molecule has 1 aromatic carbocycles. The minimum Gasteiger partial charge on any atom is -0.394 e. The van der Waals surface area contributed by atoms with Gasteiger partial charge in [0.2, 0.25) is 0 Å². The standard InChI is InChI=1S/C15H23BrN2O2/c1-3-17-11(2)14-5-4-12(8-15(14)16)18-6-7-20-13(9-18)10-19/h4-5,8,11,13,17,19H,3,6-7,9-10H2,1-2H3. The van der Waals surface area contributed by atoms with Crippen molar-refractivity contribution in [3.8, 4) is 0 Å². The smallest absolute Gasteiger partial charge is 0.0980 e. The summed E-state index contributed by atoms with van der Waals surface area (Å²) in [7, 11) is 0. The molecule has 2 rings (SSSR count). The number of nitrogens with one attached hydrogen (secondary N) is 1. The SMILES string of the molecule is CCNC(C)c1ccc(N2CCOC(CO)C2)cc1Br. The van der Waals surface area contributed by atoms with Gasteiger partial charge in [-0.15, -0.1) is 0 Å². The number of anilines is 1. The molecule has 0 amide bonds. The normalized spacial score (nSPS) is 21.0. The molecule has 1 saturated heterocycles. The second-order valence-corrected chi connectivity index (χ2v) is 5.96. The van der Waals surface area contributed by atoms with E-state index >= 15 is 0 Å². The number of hydrogen-bond donors (Lipinski definition) is 2. The molecule has 1 heterocycles. The first kappa shape index (κ1) is 15.8. The molecule has 0 aliphatic carbocycles. The van der Waals surface area contributed by atoms with Crippen LogP contribution in [0.25, 0.3) is 0 Å². The van der Waals surface area contributed by atoms with Crippen molar-refractivity contribution in [1.29, 1.82) is 0 Å². The minimum atomic E-state index is -0.0807. The molecule has 1 aromatic rings. The lowest BCUT2D eigenvalue weighted by molar-refractivity contribution is 0.00356. The molecule has 0 aromatic heterocycles. The van der Waals surface area contributed by atoms with Crippen molar-refractivity contribution in [3.63, 3.8) is 0 Å². The zero-order chi connectivity index (χ0) is 14.5. The van der Waals surface area contributed by atoms with Crippen LogP contribution in [0.5, 0.6) is 0 Å². The first-order valence-electron chi connectivity index (χ1n) is 7.16. The fourth-order valence-electron chi connectivity index (χ4n) is 2.54. The number of ether oxygens (including phenoxy) is 1. The van der Waals surface area contributed by atoms with Crippen LogP contribution in [0.2, 0.25) is 0 Å². The van der Waals surface area contributed by atoms with Crippen LogP contribution in [0.15, 0.2) is 22.7 Å². The van der Waals surface area contributed by atoms with Crippen molar-refractivity contribution in [3.05, 3.63) is 28.2 Å². The van der Waals surface area contributed by atoms with Gasteiger partial charge in [0.15, 0.2) is 0 Å². The van der Waals surface area contributed by atoms with E-state index in [1.165, 1.54) is 11.3 Å². The maximum absolute atomic E-state index is 9.22. The molecule has 0 spiro atoms. The maximum atomic E-state index is 9.22. The summed E-state index contributed by atoms with van der Waals surface area (Å²) in [6, 6.07) is 6.80. The van der Waals surface area contributed by atoms with E-state index in [4.69, 9.17) is 4.74 Å². The second kappa shape index (κ2) is 7.41. The second-order valence-electron chi connectivity index (χ2n) is 5.11. The summed E-state index contributed by atoms with van der Waals surface area (Å²) in [5, 5.41) is 12.6. The lowest BCUT2D eigenvalue weighted by Gasteiger charge is -2.34. The van der Waals surface area contributed by atoms with Crippen LogP contribution in [-0.4, -0.2) is 44.1 Å². The summed E-state index contributed by atoms with van der Waals surface area (Å²) in [6.07, 6.45) is -0.0807. The number of halogens is 1. The summed E-state index contributed by atoms with van der Waals surface area (Å²) < 4.78 is 6.61. The molecule has 2 atom stereocenters. The van der Waals surface area contributed by atoms with Gasteiger partial charge in [-0.25, -0.2) is 0 Å². The molecule has 5 heteroatoms. The van der Waals surface area contributed by atoms with Crippen LogP contribution < -0.4 is 10.2 Å². The molecule has 4 nitrogen and oxygen atoms in total. The number of morpholine rings is 1. The first-order valence-corrected chi connectivity index (χ1v) is 7.95. The van der Waals surface area contributed by atoms with Gasteiger partial charge in [0.1, 0.15) is 0 Å². The number of aliphatic hydroxyl groups is 1. The molecule has 1 fully saturated rings. The molecule has 1 aliphatic heterocycles. The van der Waals surface area contributed by atoms with Crippen LogP contribution >= 0.6 is 15.9 Å². The summed E-state index contributed by atoms with van der Waals surface area (Å²) in [4.78, 5) is 2.26. The Balaban J connectivity index is 2.12. The fourth-order valence-corrected chi connectivity index (χ4v) is 3.25. The summed E-state index contributed by atoms with van der Waals surface area (Å²) >= 11 is 3.67. The van der Waals surface area contributed by atoms with Gasteiger partial charge < -0.3 is 20.1 Å². The number of aliphatic hydroxyl groups excluding tert-OH is 1. The van der Waals surface area contributed by atoms with Crippen molar-refractivity contribution >= 4 is 21.6 Å². The first-order chi connectivity index (χ1) is 9.65. The predicted molar refractivity (Wildman–Crippen MR) is 85.3 cm³/mol. The molecule has 20 heavy (non-hydrogen) atoms. The van der Waals surface area contributed by atoms with Gasteiger partial charge in [-0.2, -0.15) is 0 Å². The largest absolute Gasteiger partial charge is 0.394 e. The Morgan fingerprint density at radius 1 is 1.55 bits per heavy atom. The number of benzene rings is 1. The number of nitrogens with zero attached hydrogens (tertiary/aromatic N) is 1. The Labute approximate surface area is 129 Å². The highest BCUT2D eigenvalue weighted by atomic mass is 79.9. The van der Waals surface area contributed by atoms with E-state index in [0.717, 1.165) is 24.1 Å². The van der Waals surface area contributed by atoms with Gasteiger partial charge in [-0.05, 0) is 31.2 Å². The van der Waals surface area contributed by atoms with Crippen LogP contribution in [0.3, 0.4) is 0 Å². The van der Waals surface area contributed by atoms with Gasteiger partial charge in [0.05, 0.1) is 19.3 Å². The van der Waals surface area contributed by atoms with E-state index < -0.39 is 0 Å². The maximum Gasteiger partial charge on any atom is 0.0980 e. The number of hydrogen-bond acceptors (Lipinski definition) is 4. The Morgan fingerprint density at radius 2 is 2.35 bits per heavy atom. The van der Waals surface area contributed by atoms with E-state index in [2.05, 4.69) is 58.2 Å². The van der Waals surface area contributed by atoms with Crippen LogP contribution in [0.1, 0.15) is 25.5 Å². The molecular formula is C15H23BrN2O2. The van der Waals surface area contributed by atoms with Gasteiger partial charge >= 0.3 is 0 Å². The summed E-state index contributed by atoms with van der Waals surface area (Å²) in [5.41, 5.74) is 2.44. The Hall–Kier alpha value is -0.620. The molecule has 112 valence electrons. The number of rotatable bonds is 5. The molecular weight excluding hydrogens is 320 g/mol. The Bertz CT molecular complexity index is 442. The Kier molecular flexibility index (Phi) is 5.84. The predicted octanol–water partition coefficient (Wildman–Crippen LogP) is 2.32. The molecule has 0 saturated carbocycles. The third-order valence-corrected chi connectivity index (χ3v) is 4.36. The van der Waals surface area contributed by atoms with Gasteiger partial charge in [-0.1, -0.05) is 28.9 Å². The van der Waals surface area contributed by atoms with Gasteiger partial charge in [0.25, 0.3) is 0 Å². The topological polar surface area (TPSA) is 44.7 Å². The summed E-state index contributed by atoms with van der Waals surface area (Å²) in [5.74, 6) is 0. The molecule has 1 aliphatic rings. The molecule has 0 bridgehead atoms. The van der Waals surface area contributed by atoms with Crippen molar-refractivity contribution < 1.29 is 9.84 Å². The third-order valence-electron chi connectivity index (χ3n) is 3.67. The monoisotopic (exact) mass is 342 g/mol. The third kappa shape index (κ3) is 3.73. The average molecular weight is 343 g/mol. The van der Waals surface area contributed by atoms with Crippen molar-refractivity contribution in [2.45, 2.75) is 26.0 Å². The zero-order valence-corrected chi connectivity index (χ0v) is 13.7. The van der Waals surface area contributed by atoms with Crippen LogP contribution in [0, 0.1) is 0 Å². The minimum absolute atomic E-state index is 0.0766. The van der Waals surface area contributed by atoms with E-state index in [-0.39, 0.29) is 12.7 Å². The van der Waals surface area contributed by atoms with E-state index in [1.54, 1.807) is 0 Å². The highest BCUT2D eigenvalue weighted by Gasteiger charge is 2.20. The summed E-state index contributed by atoms with van der Waals surface area (Å²) in [6.45, 7) is 7.58. The van der Waals surface area contributed by atoms with Crippen molar-refractivity contribution in [2.75, 3.05) is 37.7 Å². The van der Waals surface area contributed by atoms with Crippen LogP contribution in [0.4, 0.5) is 5.69 Å². The van der Waals surface area contributed by atoms with Gasteiger partial charge in [0, 0.05) is 29.3 Å². The van der Waals surface area contributed by atoms with Crippen LogP contribution in [-0.2, 0) is 4.74 Å². The average Bonchev–Trinajstić information content (AvgIpc) is 2.47. The Morgan fingerprint density at radius 3 is 3.00 bits per heavy atom. The molecule has 0 radical (unpaired) electrons. The van der Waals surface area contributed by atoms with Crippen molar-refractivity contribution in [1.82, 2.24) is 5.32 Å². The molecule has 2 N–H and O–H groups in total. The fraction of sp³-hybridized carbons (Fsp3) is 0.600. The highest BCUT2D eigenvalue weighted by Crippen LogP contribution is 2.29. The highest BCUT2D eigenvalue weighted by molar-refractivity contribution is 9.10. The van der Waals surface area contributed by atoms with E-state index in [9.17, 15) is 5.11 Å². The lowest BCUT2D eigenvalue weighted by atomic mass is 10.1. The van der Waals surface area contributed by atoms with E-state index in [0.29, 0.717) is 12.6 Å².